The van der Waals surface area contributed by atoms with Gasteiger partial charge in [0, 0.05) is 34.7 Å². The second kappa shape index (κ2) is 14.8. The number of methoxy groups -OCH3 is 3. The smallest absolute Gasteiger partial charge is 0.778 e. The van der Waals surface area contributed by atoms with Crippen LogP contribution in [0, 0.1) is 0 Å². The third kappa shape index (κ3) is 7.61. The maximum atomic E-state index is 5.16. The molecule has 204 valence electrons. The Balaban J connectivity index is 0.000000163. The molecule has 3 heterocycles. The second-order valence-corrected chi connectivity index (χ2v) is 9.42. The van der Waals surface area contributed by atoms with E-state index in [1.165, 1.54) is 0 Å². The van der Waals surface area contributed by atoms with E-state index in [2.05, 4.69) is 15.0 Å². The third-order valence-electron chi connectivity index (χ3n) is 5.64. The van der Waals surface area contributed by atoms with Crippen LogP contribution in [0.4, 0.5) is 0 Å². The second-order valence-electron chi connectivity index (χ2n) is 8.10. The number of hydrogen-bond acceptors (Lipinski definition) is 9. The summed E-state index contributed by atoms with van der Waals surface area (Å²) in [6, 6.07) is 22.8. The Kier molecular flexibility index (Phi) is 11.5. The van der Waals surface area contributed by atoms with Crippen LogP contribution >= 0.6 is 0 Å². The predicted molar refractivity (Wildman–Crippen MR) is 162 cm³/mol. The van der Waals surface area contributed by atoms with Crippen LogP contribution in [-0.4, -0.2) is 36.3 Å². The van der Waals surface area contributed by atoms with Crippen molar-refractivity contribution in [2.75, 3.05) is 21.3 Å². The molecular formula is C30H24N3O3RhS3. The standard InChI is InChI=1S/3C10H9NOS.Rh/c3*1-12-8-5-7-3-2-4-11-10(7)9(13)6-8;/h3*2-6,13H,1H3;/q;;;+3/p-3. The molecule has 0 aliphatic carbocycles. The molecule has 6 aromatic rings. The molecule has 3 aromatic carbocycles. The number of nitrogens with zero attached hydrogens (tertiary/aromatic N) is 3. The topological polar surface area (TPSA) is 66.4 Å². The van der Waals surface area contributed by atoms with Crippen molar-refractivity contribution in [3.8, 4) is 17.2 Å². The summed E-state index contributed by atoms with van der Waals surface area (Å²) in [5, 5.41) is 3.06. The van der Waals surface area contributed by atoms with Crippen LogP contribution in [0.1, 0.15) is 0 Å². The van der Waals surface area contributed by atoms with Crippen LogP contribution in [0.15, 0.2) is 106 Å². The summed E-state index contributed by atoms with van der Waals surface area (Å²) in [6.45, 7) is 0. The largest absolute Gasteiger partial charge is 3.00 e. The molecule has 0 saturated carbocycles. The SMILES string of the molecule is COc1cc([S-])c2ncccc2c1.COc1cc([S-])c2ncccc2c1.COc1cc([S-])c2ncccc2c1.[Rh+3]. The fraction of sp³-hybridized carbons (Fsp3) is 0.100. The van der Waals surface area contributed by atoms with E-state index in [0.717, 1.165) is 64.6 Å². The minimum atomic E-state index is 0. The van der Waals surface area contributed by atoms with Gasteiger partial charge in [-0.05, 0) is 54.6 Å². The normalized spacial score (nSPS) is 9.97. The molecule has 6 nitrogen and oxygen atoms in total. The fourth-order valence-electron chi connectivity index (χ4n) is 3.75. The molecule has 0 saturated heterocycles. The van der Waals surface area contributed by atoms with Gasteiger partial charge >= 0.3 is 19.5 Å². The van der Waals surface area contributed by atoms with E-state index >= 15 is 0 Å². The molecule has 0 aliphatic heterocycles. The summed E-state index contributed by atoms with van der Waals surface area (Å²) < 4.78 is 15.3. The van der Waals surface area contributed by atoms with Gasteiger partial charge in [-0.15, -0.1) is 14.7 Å². The predicted octanol–water partition coefficient (Wildman–Crippen LogP) is 6.45. The van der Waals surface area contributed by atoms with Gasteiger partial charge in [0.2, 0.25) is 0 Å². The average molecular weight is 674 g/mol. The molecule has 0 fully saturated rings. The van der Waals surface area contributed by atoms with E-state index in [1.54, 1.807) is 39.9 Å². The van der Waals surface area contributed by atoms with Crippen LogP contribution in [-0.2, 0) is 57.4 Å². The van der Waals surface area contributed by atoms with Crippen LogP contribution in [0.3, 0.4) is 0 Å². The summed E-state index contributed by atoms with van der Waals surface area (Å²) >= 11 is 15.5. The quantitative estimate of drug-likeness (QED) is 0.156. The molecule has 3 aromatic heterocycles. The van der Waals surface area contributed by atoms with E-state index in [1.807, 2.05) is 72.8 Å². The number of rotatable bonds is 3. The maximum absolute atomic E-state index is 5.16. The Hall–Kier alpha value is -3.43. The molecule has 0 spiro atoms. The fourth-order valence-corrected chi connectivity index (χ4v) is 4.61. The van der Waals surface area contributed by atoms with Crippen molar-refractivity contribution in [3.05, 3.63) is 91.4 Å². The Morgan fingerprint density at radius 1 is 0.475 bits per heavy atom. The van der Waals surface area contributed by atoms with Gasteiger partial charge in [-0.25, -0.2) is 0 Å². The van der Waals surface area contributed by atoms with Gasteiger partial charge < -0.3 is 52.1 Å². The maximum Gasteiger partial charge on any atom is 3.00 e. The number of ether oxygens (including phenoxy) is 3. The number of fused-ring (bicyclic) bond motifs is 3. The van der Waals surface area contributed by atoms with E-state index in [9.17, 15) is 0 Å². The van der Waals surface area contributed by atoms with Crippen LogP contribution in [0.25, 0.3) is 32.7 Å². The minimum Gasteiger partial charge on any atom is -0.778 e. The molecular weight excluding hydrogens is 649 g/mol. The van der Waals surface area contributed by atoms with E-state index in [4.69, 9.17) is 52.1 Å². The van der Waals surface area contributed by atoms with Gasteiger partial charge in [-0.1, -0.05) is 18.2 Å². The molecule has 0 unspecified atom stereocenters. The molecule has 6 rings (SSSR count). The molecule has 0 aliphatic rings. The summed E-state index contributed by atoms with van der Waals surface area (Å²) in [7, 11) is 4.89. The van der Waals surface area contributed by atoms with Crippen LogP contribution in [0.2, 0.25) is 0 Å². The van der Waals surface area contributed by atoms with Gasteiger partial charge in [0.05, 0.1) is 37.9 Å². The van der Waals surface area contributed by atoms with E-state index < -0.39 is 0 Å². The van der Waals surface area contributed by atoms with Crippen LogP contribution < -0.4 is 14.2 Å². The molecule has 0 N–H and O–H groups in total. The monoisotopic (exact) mass is 673 g/mol. The zero-order valence-electron chi connectivity index (χ0n) is 21.8. The first-order valence-electron chi connectivity index (χ1n) is 11.7. The Morgan fingerprint density at radius 2 is 0.750 bits per heavy atom. The molecule has 0 amide bonds. The Labute approximate surface area is 262 Å². The van der Waals surface area contributed by atoms with Crippen molar-refractivity contribution >= 4 is 70.6 Å². The first-order chi connectivity index (χ1) is 18.9. The van der Waals surface area contributed by atoms with Gasteiger partial charge in [-0.3, -0.25) is 15.0 Å². The molecule has 40 heavy (non-hydrogen) atoms. The van der Waals surface area contributed by atoms with Crippen molar-refractivity contribution in [3.63, 3.8) is 0 Å². The molecule has 10 heteroatoms. The van der Waals surface area contributed by atoms with Gasteiger partial charge in [0.25, 0.3) is 0 Å². The van der Waals surface area contributed by atoms with Gasteiger partial charge in [-0.2, -0.15) is 0 Å². The van der Waals surface area contributed by atoms with Gasteiger partial charge in [0.1, 0.15) is 17.2 Å². The number of aromatic nitrogens is 3. The molecule has 0 atom stereocenters. The third-order valence-corrected chi connectivity index (χ3v) is 6.57. The van der Waals surface area contributed by atoms with Gasteiger partial charge in [0.15, 0.2) is 0 Å². The zero-order valence-corrected chi connectivity index (χ0v) is 25.9. The van der Waals surface area contributed by atoms with Crippen molar-refractivity contribution < 1.29 is 33.7 Å². The number of pyridine rings is 3. The average Bonchev–Trinajstić information content (AvgIpc) is 2.97. The number of hydrogen-bond donors (Lipinski definition) is 0. The van der Waals surface area contributed by atoms with E-state index in [0.29, 0.717) is 0 Å². The summed E-state index contributed by atoms with van der Waals surface area (Å²) in [5.41, 5.74) is 2.58. The van der Waals surface area contributed by atoms with Crippen molar-refractivity contribution in [2.24, 2.45) is 0 Å². The van der Waals surface area contributed by atoms with Crippen molar-refractivity contribution in [2.45, 2.75) is 14.7 Å². The first-order valence-corrected chi connectivity index (χ1v) is 12.9. The van der Waals surface area contributed by atoms with Crippen molar-refractivity contribution in [1.29, 1.82) is 0 Å². The van der Waals surface area contributed by atoms with E-state index in [-0.39, 0.29) is 19.5 Å². The molecule has 0 bridgehead atoms. The Morgan fingerprint density at radius 3 is 1.00 bits per heavy atom. The van der Waals surface area contributed by atoms with Crippen LogP contribution in [0.5, 0.6) is 17.2 Å². The summed E-state index contributed by atoms with van der Waals surface area (Å²) in [4.78, 5) is 14.8. The van der Waals surface area contributed by atoms with Crippen molar-refractivity contribution in [1.82, 2.24) is 15.0 Å². The summed E-state index contributed by atoms with van der Waals surface area (Å²) in [5.74, 6) is 2.35. The first kappa shape index (κ1) is 31.1. The minimum absolute atomic E-state index is 0. The number of benzene rings is 3. The Bertz CT molecular complexity index is 1540. The zero-order chi connectivity index (χ0) is 27.8. The summed E-state index contributed by atoms with van der Waals surface area (Å²) in [6.07, 6.45) is 5.22. The molecule has 0 radical (unpaired) electrons.